The van der Waals surface area contributed by atoms with Crippen LogP contribution in [0.5, 0.6) is 0 Å². The van der Waals surface area contributed by atoms with Crippen molar-refractivity contribution in [2.45, 2.75) is 39.4 Å². The summed E-state index contributed by atoms with van der Waals surface area (Å²) in [5.74, 6) is 0.118. The van der Waals surface area contributed by atoms with Crippen LogP contribution >= 0.6 is 0 Å². The molecule has 25 heavy (non-hydrogen) atoms. The lowest BCUT2D eigenvalue weighted by atomic mass is 10.2. The molecule has 0 saturated carbocycles. The number of nitrogens with one attached hydrogen (secondary N) is 2. The third-order valence-corrected chi connectivity index (χ3v) is 4.46. The van der Waals surface area contributed by atoms with Crippen LogP contribution in [0.2, 0.25) is 0 Å². The van der Waals surface area contributed by atoms with Crippen LogP contribution in [0.1, 0.15) is 26.3 Å². The quantitative estimate of drug-likeness (QED) is 0.768. The minimum atomic E-state index is -0.157. The fraction of sp³-hybridized carbons (Fsp3) is 0.579. The van der Waals surface area contributed by atoms with Crippen LogP contribution in [0.3, 0.4) is 0 Å². The van der Waals surface area contributed by atoms with Gasteiger partial charge in [0.25, 0.3) is 0 Å². The molecule has 1 atom stereocenters. The molecule has 138 valence electrons. The van der Waals surface area contributed by atoms with E-state index in [2.05, 4.69) is 20.4 Å². The van der Waals surface area contributed by atoms with Gasteiger partial charge < -0.3 is 10.6 Å². The highest BCUT2D eigenvalue weighted by Crippen LogP contribution is 2.07. The Balaban J connectivity index is 1.72. The predicted octanol–water partition coefficient (Wildman–Crippen LogP) is 0.834. The SMILES string of the molecule is CC(C)NC(=O)CN1CCN(C(C)C(=O)NCc2ccccc2)CC1. The van der Waals surface area contributed by atoms with Crippen molar-refractivity contribution >= 4 is 11.8 Å². The summed E-state index contributed by atoms with van der Waals surface area (Å²) in [4.78, 5) is 28.5. The fourth-order valence-electron chi connectivity index (χ4n) is 2.98. The predicted molar refractivity (Wildman–Crippen MR) is 99.0 cm³/mol. The molecule has 0 bridgehead atoms. The second-order valence-electron chi connectivity index (χ2n) is 6.91. The molecule has 1 fully saturated rings. The molecule has 2 rings (SSSR count). The number of piperazine rings is 1. The van der Waals surface area contributed by atoms with Gasteiger partial charge >= 0.3 is 0 Å². The van der Waals surface area contributed by atoms with Gasteiger partial charge in [-0.2, -0.15) is 0 Å². The Morgan fingerprint density at radius 1 is 1.04 bits per heavy atom. The lowest BCUT2D eigenvalue weighted by molar-refractivity contribution is -0.128. The van der Waals surface area contributed by atoms with Crippen molar-refractivity contribution in [2.24, 2.45) is 0 Å². The van der Waals surface area contributed by atoms with Gasteiger partial charge in [-0.15, -0.1) is 0 Å². The molecule has 6 nitrogen and oxygen atoms in total. The lowest BCUT2D eigenvalue weighted by Gasteiger charge is -2.37. The summed E-state index contributed by atoms with van der Waals surface area (Å²) in [5.41, 5.74) is 1.10. The normalized spacial score (nSPS) is 17.3. The second-order valence-corrected chi connectivity index (χ2v) is 6.91. The maximum Gasteiger partial charge on any atom is 0.237 e. The highest BCUT2D eigenvalue weighted by molar-refractivity contribution is 5.81. The Bertz CT molecular complexity index is 554. The summed E-state index contributed by atoms with van der Waals surface area (Å²) in [6, 6.07) is 9.93. The summed E-state index contributed by atoms with van der Waals surface area (Å²) in [5, 5.41) is 5.92. The summed E-state index contributed by atoms with van der Waals surface area (Å²) in [6.07, 6.45) is 0. The average Bonchev–Trinajstić information content (AvgIpc) is 2.60. The summed E-state index contributed by atoms with van der Waals surface area (Å²) < 4.78 is 0. The molecule has 6 heteroatoms. The molecule has 1 aliphatic heterocycles. The van der Waals surface area contributed by atoms with Crippen molar-refractivity contribution in [1.29, 1.82) is 0 Å². The Morgan fingerprint density at radius 2 is 1.68 bits per heavy atom. The number of carbonyl (C=O) groups is 2. The van der Waals surface area contributed by atoms with Gasteiger partial charge in [-0.05, 0) is 26.3 Å². The van der Waals surface area contributed by atoms with Crippen LogP contribution in [-0.2, 0) is 16.1 Å². The van der Waals surface area contributed by atoms with Crippen molar-refractivity contribution in [1.82, 2.24) is 20.4 Å². The molecule has 1 saturated heterocycles. The molecular weight excluding hydrogens is 316 g/mol. The van der Waals surface area contributed by atoms with Crippen LogP contribution < -0.4 is 10.6 Å². The molecule has 1 heterocycles. The average molecular weight is 346 g/mol. The zero-order valence-corrected chi connectivity index (χ0v) is 15.5. The molecule has 2 N–H and O–H groups in total. The van der Waals surface area contributed by atoms with Crippen molar-refractivity contribution < 1.29 is 9.59 Å². The third kappa shape index (κ3) is 6.48. The smallest absolute Gasteiger partial charge is 0.237 e. The van der Waals surface area contributed by atoms with Gasteiger partial charge in [0.1, 0.15) is 0 Å². The van der Waals surface area contributed by atoms with Crippen molar-refractivity contribution in [3.63, 3.8) is 0 Å². The topological polar surface area (TPSA) is 64.7 Å². The third-order valence-electron chi connectivity index (χ3n) is 4.46. The molecule has 0 radical (unpaired) electrons. The number of hydrogen-bond donors (Lipinski definition) is 2. The van der Waals surface area contributed by atoms with E-state index in [1.807, 2.05) is 51.1 Å². The first-order valence-electron chi connectivity index (χ1n) is 9.03. The number of nitrogens with zero attached hydrogens (tertiary/aromatic N) is 2. The van der Waals surface area contributed by atoms with E-state index in [1.165, 1.54) is 0 Å². The van der Waals surface area contributed by atoms with E-state index in [-0.39, 0.29) is 23.9 Å². The number of benzene rings is 1. The van der Waals surface area contributed by atoms with Gasteiger partial charge in [0, 0.05) is 38.8 Å². The van der Waals surface area contributed by atoms with E-state index < -0.39 is 0 Å². The van der Waals surface area contributed by atoms with E-state index in [4.69, 9.17) is 0 Å². The minimum absolute atomic E-state index is 0.0508. The summed E-state index contributed by atoms with van der Waals surface area (Å²) in [7, 11) is 0. The standard InChI is InChI=1S/C19H30N4O2/c1-15(2)21-18(24)14-22-9-11-23(12-10-22)16(3)19(25)20-13-17-7-5-4-6-8-17/h4-8,15-16H,9-14H2,1-3H3,(H,20,25)(H,21,24). The summed E-state index contributed by atoms with van der Waals surface area (Å²) >= 11 is 0. The lowest BCUT2D eigenvalue weighted by Crippen LogP contribution is -2.55. The maximum absolute atomic E-state index is 12.4. The maximum atomic E-state index is 12.4. The number of carbonyl (C=O) groups excluding carboxylic acids is 2. The van der Waals surface area contributed by atoms with Gasteiger partial charge in [-0.3, -0.25) is 19.4 Å². The zero-order valence-electron chi connectivity index (χ0n) is 15.5. The fourth-order valence-corrected chi connectivity index (χ4v) is 2.98. The first-order chi connectivity index (χ1) is 12.0. The van der Waals surface area contributed by atoms with Gasteiger partial charge in [-0.1, -0.05) is 30.3 Å². The monoisotopic (exact) mass is 346 g/mol. The number of hydrogen-bond acceptors (Lipinski definition) is 4. The van der Waals surface area contributed by atoms with Crippen LogP contribution in [0, 0.1) is 0 Å². The van der Waals surface area contributed by atoms with Crippen LogP contribution in [-0.4, -0.2) is 66.4 Å². The van der Waals surface area contributed by atoms with Crippen molar-refractivity contribution in [3.05, 3.63) is 35.9 Å². The molecule has 2 amide bonds. The second kappa shape index (κ2) is 9.53. The van der Waals surface area contributed by atoms with Crippen molar-refractivity contribution in [2.75, 3.05) is 32.7 Å². The van der Waals surface area contributed by atoms with E-state index in [9.17, 15) is 9.59 Å². The van der Waals surface area contributed by atoms with E-state index in [0.717, 1.165) is 31.7 Å². The highest BCUT2D eigenvalue weighted by Gasteiger charge is 2.26. The minimum Gasteiger partial charge on any atom is -0.353 e. The molecule has 0 spiro atoms. The Labute approximate surface area is 150 Å². The van der Waals surface area contributed by atoms with Gasteiger partial charge in [0.05, 0.1) is 12.6 Å². The zero-order chi connectivity index (χ0) is 18.2. The van der Waals surface area contributed by atoms with Gasteiger partial charge in [0.15, 0.2) is 0 Å². The van der Waals surface area contributed by atoms with Crippen LogP contribution in [0.25, 0.3) is 0 Å². The number of amides is 2. The summed E-state index contributed by atoms with van der Waals surface area (Å²) in [6.45, 7) is 10.1. The van der Waals surface area contributed by atoms with E-state index >= 15 is 0 Å². The van der Waals surface area contributed by atoms with Gasteiger partial charge in [-0.25, -0.2) is 0 Å². The first-order valence-corrected chi connectivity index (χ1v) is 9.03. The molecule has 0 aliphatic carbocycles. The molecule has 1 aliphatic rings. The van der Waals surface area contributed by atoms with Gasteiger partial charge in [0.2, 0.25) is 11.8 Å². The van der Waals surface area contributed by atoms with Crippen molar-refractivity contribution in [3.8, 4) is 0 Å². The van der Waals surface area contributed by atoms with Crippen LogP contribution in [0.4, 0.5) is 0 Å². The van der Waals surface area contributed by atoms with E-state index in [0.29, 0.717) is 13.1 Å². The largest absolute Gasteiger partial charge is 0.353 e. The van der Waals surface area contributed by atoms with Crippen LogP contribution in [0.15, 0.2) is 30.3 Å². The highest BCUT2D eigenvalue weighted by atomic mass is 16.2. The molecule has 0 aromatic heterocycles. The Kier molecular flexibility index (Phi) is 7.40. The van der Waals surface area contributed by atoms with E-state index in [1.54, 1.807) is 0 Å². The molecular formula is C19H30N4O2. The molecule has 1 aromatic carbocycles. The number of rotatable bonds is 7. The molecule has 1 unspecified atom stereocenters. The first kappa shape index (κ1) is 19.4. The Hall–Kier alpha value is -1.92. The Morgan fingerprint density at radius 3 is 2.28 bits per heavy atom. The molecule has 1 aromatic rings.